The Morgan fingerprint density at radius 3 is 2.75 bits per heavy atom. The van der Waals surface area contributed by atoms with Gasteiger partial charge in [0.05, 0.1) is 5.60 Å². The molecule has 94 valence electrons. The number of nitrogens with one attached hydrogen (secondary N) is 1. The SMILES string of the molecule is CC(=O)NC1CCN(CC(C)(O)C(C)C)C1. The van der Waals surface area contributed by atoms with E-state index in [9.17, 15) is 9.90 Å². The number of β-amino-alcohol motifs (C(OH)–C–C–N with tert-alkyl or cyclic N) is 1. The molecule has 0 aromatic heterocycles. The van der Waals surface area contributed by atoms with Gasteiger partial charge in [0.15, 0.2) is 0 Å². The van der Waals surface area contributed by atoms with E-state index in [1.165, 1.54) is 0 Å². The molecule has 1 amide bonds. The van der Waals surface area contributed by atoms with Gasteiger partial charge in [0.1, 0.15) is 0 Å². The molecule has 1 saturated heterocycles. The van der Waals surface area contributed by atoms with Crippen LogP contribution in [0.15, 0.2) is 0 Å². The van der Waals surface area contributed by atoms with Crippen molar-refractivity contribution in [3.63, 3.8) is 0 Å². The molecule has 0 spiro atoms. The second kappa shape index (κ2) is 5.15. The van der Waals surface area contributed by atoms with Gasteiger partial charge in [-0.15, -0.1) is 0 Å². The smallest absolute Gasteiger partial charge is 0.217 e. The Morgan fingerprint density at radius 1 is 1.62 bits per heavy atom. The number of hydrogen-bond acceptors (Lipinski definition) is 3. The molecule has 4 heteroatoms. The quantitative estimate of drug-likeness (QED) is 0.741. The van der Waals surface area contributed by atoms with E-state index in [2.05, 4.69) is 10.2 Å². The number of carbonyl (C=O) groups excluding carboxylic acids is 1. The summed E-state index contributed by atoms with van der Waals surface area (Å²) >= 11 is 0. The Hall–Kier alpha value is -0.610. The fourth-order valence-electron chi connectivity index (χ4n) is 2.02. The van der Waals surface area contributed by atoms with Gasteiger partial charge >= 0.3 is 0 Å². The first-order chi connectivity index (χ1) is 7.31. The first-order valence-electron chi connectivity index (χ1n) is 6.03. The number of aliphatic hydroxyl groups is 1. The largest absolute Gasteiger partial charge is 0.389 e. The van der Waals surface area contributed by atoms with Crippen molar-refractivity contribution in [3.05, 3.63) is 0 Å². The van der Waals surface area contributed by atoms with Gasteiger partial charge in [0, 0.05) is 32.6 Å². The average molecular weight is 228 g/mol. The summed E-state index contributed by atoms with van der Waals surface area (Å²) < 4.78 is 0. The molecule has 1 heterocycles. The first kappa shape index (κ1) is 13.5. The first-order valence-corrected chi connectivity index (χ1v) is 6.03. The van der Waals surface area contributed by atoms with Gasteiger partial charge in [-0.05, 0) is 19.3 Å². The number of rotatable bonds is 4. The number of amides is 1. The van der Waals surface area contributed by atoms with Crippen molar-refractivity contribution in [2.45, 2.75) is 45.8 Å². The fourth-order valence-corrected chi connectivity index (χ4v) is 2.02. The van der Waals surface area contributed by atoms with E-state index in [1.54, 1.807) is 6.92 Å². The van der Waals surface area contributed by atoms with E-state index < -0.39 is 5.60 Å². The summed E-state index contributed by atoms with van der Waals surface area (Å²) in [6, 6.07) is 0.250. The standard InChI is InChI=1S/C12H24N2O2/c1-9(2)12(4,16)8-14-6-5-11(7-14)13-10(3)15/h9,11,16H,5-8H2,1-4H3,(H,13,15). The minimum Gasteiger partial charge on any atom is -0.389 e. The average Bonchev–Trinajstić information content (AvgIpc) is 2.50. The molecule has 1 aliphatic heterocycles. The third-order valence-corrected chi connectivity index (χ3v) is 3.47. The Kier molecular flexibility index (Phi) is 4.33. The Morgan fingerprint density at radius 2 is 2.25 bits per heavy atom. The second-order valence-electron chi connectivity index (χ2n) is 5.43. The maximum atomic E-state index is 10.9. The molecule has 1 rings (SSSR count). The lowest BCUT2D eigenvalue weighted by Crippen LogP contribution is -2.45. The molecule has 0 saturated carbocycles. The summed E-state index contributed by atoms with van der Waals surface area (Å²) in [5, 5.41) is 13.1. The van der Waals surface area contributed by atoms with Crippen LogP contribution >= 0.6 is 0 Å². The van der Waals surface area contributed by atoms with Crippen LogP contribution in [0.1, 0.15) is 34.1 Å². The molecule has 4 nitrogen and oxygen atoms in total. The molecule has 0 aromatic rings. The molecular formula is C12H24N2O2. The second-order valence-corrected chi connectivity index (χ2v) is 5.43. The topological polar surface area (TPSA) is 52.6 Å². The van der Waals surface area contributed by atoms with Crippen LogP contribution in [-0.2, 0) is 4.79 Å². The summed E-state index contributed by atoms with van der Waals surface area (Å²) in [7, 11) is 0. The molecule has 2 N–H and O–H groups in total. The summed E-state index contributed by atoms with van der Waals surface area (Å²) in [5.74, 6) is 0.273. The third kappa shape index (κ3) is 3.76. The highest BCUT2D eigenvalue weighted by Crippen LogP contribution is 2.20. The molecule has 2 atom stereocenters. The van der Waals surface area contributed by atoms with Gasteiger partial charge in [0.2, 0.25) is 5.91 Å². The summed E-state index contributed by atoms with van der Waals surface area (Å²) in [6.45, 7) is 9.97. The predicted molar refractivity (Wildman–Crippen MR) is 64.1 cm³/mol. The van der Waals surface area contributed by atoms with Crippen molar-refractivity contribution in [2.75, 3.05) is 19.6 Å². The summed E-state index contributed by atoms with van der Waals surface area (Å²) in [5.41, 5.74) is -0.648. The lowest BCUT2D eigenvalue weighted by Gasteiger charge is -2.32. The predicted octanol–water partition coefficient (Wildman–Crippen LogP) is 0.604. The van der Waals surface area contributed by atoms with Crippen LogP contribution in [0.4, 0.5) is 0 Å². The van der Waals surface area contributed by atoms with Gasteiger partial charge in [-0.2, -0.15) is 0 Å². The van der Waals surface area contributed by atoms with Gasteiger partial charge in [0.25, 0.3) is 0 Å². The minimum atomic E-state index is -0.648. The highest BCUT2D eigenvalue weighted by atomic mass is 16.3. The van der Waals surface area contributed by atoms with Crippen LogP contribution in [0.2, 0.25) is 0 Å². The summed E-state index contributed by atoms with van der Waals surface area (Å²) in [4.78, 5) is 13.1. The van der Waals surface area contributed by atoms with Crippen molar-refractivity contribution >= 4 is 5.91 Å². The lowest BCUT2D eigenvalue weighted by atomic mass is 9.92. The maximum absolute atomic E-state index is 10.9. The number of likely N-dealkylation sites (tertiary alicyclic amines) is 1. The van der Waals surface area contributed by atoms with Crippen molar-refractivity contribution < 1.29 is 9.90 Å². The van der Waals surface area contributed by atoms with Crippen LogP contribution in [0.5, 0.6) is 0 Å². The monoisotopic (exact) mass is 228 g/mol. The highest BCUT2D eigenvalue weighted by molar-refractivity contribution is 5.73. The zero-order valence-electron chi connectivity index (χ0n) is 10.8. The Bertz CT molecular complexity index is 251. The van der Waals surface area contributed by atoms with Crippen molar-refractivity contribution in [2.24, 2.45) is 5.92 Å². The lowest BCUT2D eigenvalue weighted by molar-refractivity contribution is -0.119. The third-order valence-electron chi connectivity index (χ3n) is 3.47. The molecule has 0 aliphatic carbocycles. The van der Waals surface area contributed by atoms with Gasteiger partial charge < -0.3 is 10.4 Å². The van der Waals surface area contributed by atoms with Gasteiger partial charge in [-0.25, -0.2) is 0 Å². The molecule has 16 heavy (non-hydrogen) atoms. The summed E-state index contributed by atoms with van der Waals surface area (Å²) in [6.07, 6.45) is 0.980. The fraction of sp³-hybridized carbons (Fsp3) is 0.917. The molecule has 0 radical (unpaired) electrons. The van der Waals surface area contributed by atoms with Gasteiger partial charge in [-0.3, -0.25) is 9.69 Å². The van der Waals surface area contributed by atoms with E-state index in [4.69, 9.17) is 0 Å². The van der Waals surface area contributed by atoms with Crippen LogP contribution in [0, 0.1) is 5.92 Å². The Balaban J connectivity index is 2.39. The number of carbonyl (C=O) groups is 1. The van der Waals surface area contributed by atoms with Crippen molar-refractivity contribution in [1.82, 2.24) is 10.2 Å². The van der Waals surface area contributed by atoms with Crippen molar-refractivity contribution in [3.8, 4) is 0 Å². The highest BCUT2D eigenvalue weighted by Gasteiger charge is 2.31. The number of hydrogen-bond donors (Lipinski definition) is 2. The zero-order valence-corrected chi connectivity index (χ0v) is 10.8. The molecule has 1 fully saturated rings. The van der Waals surface area contributed by atoms with E-state index in [-0.39, 0.29) is 17.9 Å². The van der Waals surface area contributed by atoms with E-state index in [0.29, 0.717) is 6.54 Å². The minimum absolute atomic E-state index is 0.0301. The van der Waals surface area contributed by atoms with E-state index >= 15 is 0 Å². The number of nitrogens with zero attached hydrogens (tertiary/aromatic N) is 1. The molecule has 0 bridgehead atoms. The zero-order chi connectivity index (χ0) is 12.3. The molecular weight excluding hydrogens is 204 g/mol. The van der Waals surface area contributed by atoms with Crippen LogP contribution in [0.3, 0.4) is 0 Å². The molecule has 0 aromatic carbocycles. The Labute approximate surface area is 98.0 Å². The van der Waals surface area contributed by atoms with Crippen LogP contribution in [0.25, 0.3) is 0 Å². The van der Waals surface area contributed by atoms with Crippen LogP contribution < -0.4 is 5.32 Å². The molecule has 1 aliphatic rings. The van der Waals surface area contributed by atoms with Gasteiger partial charge in [-0.1, -0.05) is 13.8 Å². The van der Waals surface area contributed by atoms with Crippen LogP contribution in [-0.4, -0.2) is 47.2 Å². The normalized spacial score (nSPS) is 25.8. The van der Waals surface area contributed by atoms with E-state index in [1.807, 2.05) is 20.8 Å². The van der Waals surface area contributed by atoms with E-state index in [0.717, 1.165) is 19.5 Å². The van der Waals surface area contributed by atoms with Crippen molar-refractivity contribution in [1.29, 1.82) is 0 Å². The maximum Gasteiger partial charge on any atom is 0.217 e. The molecule has 2 unspecified atom stereocenters.